The van der Waals surface area contributed by atoms with Crippen LogP contribution in [0.25, 0.3) is 22.0 Å². The second kappa shape index (κ2) is 7.16. The number of aromatic nitrogens is 3. The molecule has 0 fully saturated rings. The minimum atomic E-state index is -0.119. The van der Waals surface area contributed by atoms with E-state index in [0.717, 1.165) is 26.9 Å². The van der Waals surface area contributed by atoms with E-state index in [0.29, 0.717) is 12.0 Å². The Labute approximate surface area is 158 Å². The van der Waals surface area contributed by atoms with Crippen LogP contribution >= 0.6 is 28.5 Å². The van der Waals surface area contributed by atoms with E-state index >= 15 is 0 Å². The Hall–Kier alpha value is -2.51. The quantitative estimate of drug-likeness (QED) is 0.537. The molecule has 0 atom stereocenters. The van der Waals surface area contributed by atoms with Crippen LogP contribution < -0.4 is 11.0 Å². The molecule has 0 bridgehead atoms. The van der Waals surface area contributed by atoms with Crippen LogP contribution in [-0.2, 0) is 6.54 Å². The third-order valence-corrected chi connectivity index (χ3v) is 4.66. The topological polar surface area (TPSA) is 74.5 Å². The van der Waals surface area contributed by atoms with E-state index in [1.165, 1.54) is 11.5 Å². The van der Waals surface area contributed by atoms with Crippen molar-refractivity contribution < 1.29 is 0 Å². The summed E-state index contributed by atoms with van der Waals surface area (Å²) in [6.45, 7) is 0.396. The van der Waals surface area contributed by atoms with Gasteiger partial charge >= 0.3 is 0 Å². The van der Waals surface area contributed by atoms with Crippen molar-refractivity contribution in [2.45, 2.75) is 6.54 Å². The second-order valence-electron chi connectivity index (χ2n) is 5.45. The van der Waals surface area contributed by atoms with Gasteiger partial charge in [-0.1, -0.05) is 66.1 Å². The molecule has 4 rings (SSSR count). The normalized spacial score (nSPS) is 10.6. The molecule has 2 aromatic heterocycles. The van der Waals surface area contributed by atoms with Gasteiger partial charge in [-0.05, 0) is 0 Å². The lowest BCUT2D eigenvalue weighted by Crippen LogP contribution is -2.24. The molecule has 0 spiro atoms. The lowest BCUT2D eigenvalue weighted by atomic mass is 10.1. The first-order valence-corrected chi connectivity index (χ1v) is 8.31. The van der Waals surface area contributed by atoms with Crippen LogP contribution in [0.4, 0.5) is 0 Å². The average molecular weight is 415 g/mol. The molecule has 2 aromatic carbocycles. The highest BCUT2D eigenvalue weighted by Gasteiger charge is 2.11. The molecule has 2 heterocycles. The highest BCUT2D eigenvalue weighted by atomic mass is 79.9. The fourth-order valence-corrected chi connectivity index (χ4v) is 3.37. The van der Waals surface area contributed by atoms with Crippen molar-refractivity contribution in [1.82, 2.24) is 14.2 Å². The summed E-state index contributed by atoms with van der Waals surface area (Å²) in [4.78, 5) is 12.2. The molecule has 0 unspecified atom stereocenters. The number of H-pyrrole nitrogens is 1. The van der Waals surface area contributed by atoms with Gasteiger partial charge in [-0.2, -0.15) is 5.10 Å². The van der Waals surface area contributed by atoms with E-state index in [1.54, 1.807) is 10.7 Å². The zero-order valence-corrected chi connectivity index (χ0v) is 15.6. The Balaban J connectivity index is 0.00000182. The van der Waals surface area contributed by atoms with Crippen molar-refractivity contribution in [3.63, 3.8) is 0 Å². The molecule has 0 aliphatic heterocycles. The summed E-state index contributed by atoms with van der Waals surface area (Å²) in [7, 11) is 0. The minimum Gasteiger partial charge on any atom is -0.283 e. The molecule has 25 heavy (non-hydrogen) atoms. The Bertz CT molecular complexity index is 1130. The van der Waals surface area contributed by atoms with Crippen LogP contribution in [-0.4, -0.2) is 14.2 Å². The summed E-state index contributed by atoms with van der Waals surface area (Å²) < 4.78 is 4.32. The molecule has 0 radical (unpaired) electrons. The maximum atomic E-state index is 11.3. The van der Waals surface area contributed by atoms with Crippen molar-refractivity contribution in [2.75, 3.05) is 0 Å². The maximum absolute atomic E-state index is 11.3. The largest absolute Gasteiger partial charge is 0.283 e. The molecule has 4 aromatic rings. The first-order chi connectivity index (χ1) is 11.7. The van der Waals surface area contributed by atoms with Gasteiger partial charge in [-0.25, -0.2) is 4.68 Å². The molecule has 126 valence electrons. The summed E-state index contributed by atoms with van der Waals surface area (Å²) in [5.41, 5.74) is 2.06. The first kappa shape index (κ1) is 17.3. The summed E-state index contributed by atoms with van der Waals surface area (Å²) in [6, 6.07) is 19.3. The summed E-state index contributed by atoms with van der Waals surface area (Å²) in [5, 5.41) is 15.0. The molecule has 0 aliphatic carbocycles. The van der Waals surface area contributed by atoms with E-state index in [4.69, 9.17) is 10.5 Å². The second-order valence-corrected chi connectivity index (χ2v) is 6.38. The van der Waals surface area contributed by atoms with Gasteiger partial charge in [0.25, 0.3) is 5.56 Å². The van der Waals surface area contributed by atoms with Crippen LogP contribution in [0.15, 0.2) is 65.5 Å². The third-order valence-electron chi connectivity index (χ3n) is 3.84. The Morgan fingerprint density at radius 3 is 2.40 bits per heavy atom. The number of rotatable bonds is 3. The van der Waals surface area contributed by atoms with Gasteiger partial charge in [-0.3, -0.25) is 14.6 Å². The summed E-state index contributed by atoms with van der Waals surface area (Å²) in [5.74, 6) is 0. The average Bonchev–Trinajstić information content (AvgIpc) is 3.03. The first-order valence-electron chi connectivity index (χ1n) is 7.49. The van der Waals surface area contributed by atoms with Crippen LogP contribution in [0.1, 0.15) is 4.88 Å². The zero-order chi connectivity index (χ0) is 16.5. The van der Waals surface area contributed by atoms with E-state index in [-0.39, 0.29) is 22.5 Å². The fraction of sp³-hybridized carbons (Fsp3) is 0.0556. The summed E-state index contributed by atoms with van der Waals surface area (Å²) >= 11 is 1.28. The maximum Gasteiger partial charge on any atom is 0.258 e. The van der Waals surface area contributed by atoms with Gasteiger partial charge in [0.15, 0.2) is 0 Å². The number of nitrogens with zero attached hydrogens (tertiary/aromatic N) is 2. The smallest absolute Gasteiger partial charge is 0.258 e. The van der Waals surface area contributed by atoms with E-state index in [2.05, 4.69) is 4.37 Å². The number of halogens is 1. The van der Waals surface area contributed by atoms with Crippen LogP contribution in [0.5, 0.6) is 0 Å². The van der Waals surface area contributed by atoms with E-state index < -0.39 is 0 Å². The molecule has 0 amide bonds. The number of hydrogen-bond donors (Lipinski definition) is 2. The Kier molecular flexibility index (Phi) is 4.96. The van der Waals surface area contributed by atoms with Crippen molar-refractivity contribution in [2.24, 2.45) is 0 Å². The molecular formula is C18H15BrN4OS. The molecule has 5 nitrogen and oxygen atoms in total. The van der Waals surface area contributed by atoms with Gasteiger partial charge in [0.1, 0.15) is 5.49 Å². The van der Waals surface area contributed by atoms with E-state index in [1.807, 2.05) is 54.6 Å². The van der Waals surface area contributed by atoms with Crippen LogP contribution in [0.3, 0.4) is 0 Å². The number of nitrogens with one attached hydrogen (secondary N) is 2. The third kappa shape index (κ3) is 3.33. The number of aromatic amines is 1. The Morgan fingerprint density at radius 2 is 1.72 bits per heavy atom. The number of fused-ring (bicyclic) bond motifs is 1. The molecule has 0 aliphatic rings. The van der Waals surface area contributed by atoms with E-state index in [9.17, 15) is 4.79 Å². The zero-order valence-electron chi connectivity index (χ0n) is 13.1. The van der Waals surface area contributed by atoms with Gasteiger partial charge < -0.3 is 0 Å². The Morgan fingerprint density at radius 1 is 1.04 bits per heavy atom. The summed E-state index contributed by atoms with van der Waals surface area (Å²) in [6.07, 6.45) is 0. The number of hydrogen-bond acceptors (Lipinski definition) is 4. The molecule has 0 saturated carbocycles. The van der Waals surface area contributed by atoms with Crippen molar-refractivity contribution in [3.8, 4) is 11.3 Å². The monoisotopic (exact) mass is 414 g/mol. The van der Waals surface area contributed by atoms with Gasteiger partial charge in [0.2, 0.25) is 0 Å². The molecule has 7 heteroatoms. The highest BCUT2D eigenvalue weighted by Crippen LogP contribution is 2.24. The van der Waals surface area contributed by atoms with Gasteiger partial charge in [-0.15, -0.1) is 17.0 Å². The molecule has 0 saturated heterocycles. The SMILES string of the molecule is Br.N=c1c2ccccc2c(-c2ccccc2)nn1Cc1cc(=O)[nH]s1. The van der Waals surface area contributed by atoms with Gasteiger partial charge in [0.05, 0.1) is 12.2 Å². The fourth-order valence-electron chi connectivity index (χ4n) is 2.73. The lowest BCUT2D eigenvalue weighted by molar-refractivity contribution is 0.638. The predicted molar refractivity (Wildman–Crippen MR) is 105 cm³/mol. The standard InChI is InChI=1S/C18H14N4OS.BrH/c19-18-15-9-5-4-8-14(15)17(12-6-2-1-3-7-12)20-22(18)11-13-10-16(23)21-24-13;/h1-10,19H,11H2,(H,21,23);1H. The molecular weight excluding hydrogens is 400 g/mol. The lowest BCUT2D eigenvalue weighted by Gasteiger charge is -2.12. The van der Waals surface area contributed by atoms with Crippen molar-refractivity contribution in [3.05, 3.63) is 81.4 Å². The van der Waals surface area contributed by atoms with Crippen LogP contribution in [0.2, 0.25) is 0 Å². The minimum absolute atomic E-state index is 0. The van der Waals surface area contributed by atoms with Gasteiger partial charge in [0, 0.05) is 27.3 Å². The molecule has 2 N–H and O–H groups in total. The number of benzene rings is 2. The van der Waals surface area contributed by atoms with Crippen molar-refractivity contribution in [1.29, 1.82) is 5.41 Å². The predicted octanol–water partition coefficient (Wildman–Crippen LogP) is 3.56. The highest BCUT2D eigenvalue weighted by molar-refractivity contribution is 8.93. The van der Waals surface area contributed by atoms with Crippen LogP contribution in [0, 0.1) is 5.41 Å². The van der Waals surface area contributed by atoms with Crippen molar-refractivity contribution >= 4 is 39.3 Å².